The van der Waals surface area contributed by atoms with Crippen LogP contribution < -0.4 is 5.73 Å². The highest BCUT2D eigenvalue weighted by atomic mass is 19.4. The van der Waals surface area contributed by atoms with Crippen LogP contribution in [0.2, 0.25) is 0 Å². The second-order valence-electron chi connectivity index (χ2n) is 4.04. The zero-order chi connectivity index (χ0) is 15.8. The molecule has 21 heavy (non-hydrogen) atoms. The fourth-order valence-electron chi connectivity index (χ4n) is 1.69. The number of hydrogen-bond donors (Lipinski definition) is 2. The molecule has 0 radical (unpaired) electrons. The Morgan fingerprint density at radius 1 is 1.43 bits per heavy atom. The molecule has 0 saturated carbocycles. The fourth-order valence-corrected chi connectivity index (χ4v) is 1.69. The number of nitrogens with zero attached hydrogens (tertiary/aromatic N) is 3. The lowest BCUT2D eigenvalue weighted by atomic mass is 10.1. The van der Waals surface area contributed by atoms with Gasteiger partial charge in [0.05, 0.1) is 16.2 Å². The van der Waals surface area contributed by atoms with E-state index in [1.54, 1.807) is 0 Å². The Hall–Kier alpha value is -2.91. The van der Waals surface area contributed by atoms with Crippen molar-refractivity contribution in [2.45, 2.75) is 6.18 Å². The third-order valence-corrected chi connectivity index (χ3v) is 2.64. The van der Waals surface area contributed by atoms with Crippen LogP contribution in [0.3, 0.4) is 0 Å². The molecule has 0 bridgehead atoms. The number of nitrogen functional groups attached to an aromatic ring is 1. The van der Waals surface area contributed by atoms with Gasteiger partial charge in [0.2, 0.25) is 0 Å². The molecule has 10 heteroatoms. The van der Waals surface area contributed by atoms with Crippen LogP contribution in [0, 0.1) is 15.5 Å². The summed E-state index contributed by atoms with van der Waals surface area (Å²) in [7, 11) is 0. The number of alkyl halides is 3. The quantitative estimate of drug-likeness (QED) is 0.391. The molecule has 0 spiro atoms. The first-order valence-corrected chi connectivity index (χ1v) is 5.45. The minimum atomic E-state index is -4.71. The van der Waals surface area contributed by atoms with Gasteiger partial charge in [-0.25, -0.2) is 4.68 Å². The van der Waals surface area contributed by atoms with Gasteiger partial charge in [-0.1, -0.05) is 0 Å². The van der Waals surface area contributed by atoms with E-state index in [4.69, 9.17) is 11.1 Å². The molecule has 0 aliphatic heterocycles. The predicted molar refractivity (Wildman–Crippen MR) is 66.2 cm³/mol. The Morgan fingerprint density at radius 3 is 2.57 bits per heavy atom. The number of halogens is 3. The largest absolute Gasteiger partial charge is 0.417 e. The van der Waals surface area contributed by atoms with E-state index < -0.39 is 28.1 Å². The third kappa shape index (κ3) is 2.83. The zero-order valence-electron chi connectivity index (χ0n) is 10.3. The maximum absolute atomic E-state index is 12.9. The molecule has 0 fully saturated rings. The summed E-state index contributed by atoms with van der Waals surface area (Å²) in [5.74, 6) is -0.722. The first-order valence-electron chi connectivity index (χ1n) is 5.45. The minimum Gasteiger partial charge on any atom is -0.384 e. The van der Waals surface area contributed by atoms with E-state index >= 15 is 0 Å². The Kier molecular flexibility index (Phi) is 3.37. The van der Waals surface area contributed by atoms with Crippen LogP contribution in [0.5, 0.6) is 0 Å². The van der Waals surface area contributed by atoms with E-state index in [-0.39, 0.29) is 11.4 Å². The molecule has 7 nitrogen and oxygen atoms in total. The molecule has 0 aliphatic carbocycles. The molecule has 0 unspecified atom stereocenters. The highest BCUT2D eigenvalue weighted by Gasteiger charge is 2.34. The minimum absolute atomic E-state index is 0.0274. The first kappa shape index (κ1) is 14.5. The summed E-state index contributed by atoms with van der Waals surface area (Å²) in [6.07, 6.45) is -2.80. The van der Waals surface area contributed by atoms with Crippen molar-refractivity contribution in [1.29, 1.82) is 5.41 Å². The first-order chi connectivity index (χ1) is 9.70. The second kappa shape index (κ2) is 4.89. The zero-order valence-corrected chi connectivity index (χ0v) is 10.3. The summed E-state index contributed by atoms with van der Waals surface area (Å²) >= 11 is 0. The molecule has 1 aromatic heterocycles. The summed E-state index contributed by atoms with van der Waals surface area (Å²) in [5.41, 5.74) is 3.17. The predicted octanol–water partition coefficient (Wildman–Crippen LogP) is 2.08. The van der Waals surface area contributed by atoms with Crippen molar-refractivity contribution >= 4 is 11.5 Å². The van der Waals surface area contributed by atoms with Gasteiger partial charge >= 0.3 is 11.9 Å². The van der Waals surface area contributed by atoms with E-state index in [1.165, 1.54) is 6.07 Å². The molecule has 110 valence electrons. The highest BCUT2D eigenvalue weighted by Crippen LogP contribution is 2.33. The number of aromatic nitrogens is 2. The van der Waals surface area contributed by atoms with Gasteiger partial charge < -0.3 is 5.73 Å². The average molecular weight is 299 g/mol. The van der Waals surface area contributed by atoms with Gasteiger partial charge in [-0.05, 0) is 18.2 Å². The molecule has 0 amide bonds. The SMILES string of the molecule is N=C(N)c1ccc(-n2cc([N+](=O)[O-])cn2)cc1C(F)(F)F. The maximum atomic E-state index is 12.9. The number of amidine groups is 1. The number of hydrogen-bond acceptors (Lipinski definition) is 4. The van der Waals surface area contributed by atoms with Crippen LogP contribution in [-0.2, 0) is 6.18 Å². The lowest BCUT2D eigenvalue weighted by Crippen LogP contribution is -2.19. The molecule has 0 atom stereocenters. The Balaban J connectivity index is 2.56. The molecule has 0 aliphatic rings. The molecule has 2 aromatic rings. The molecule has 1 aromatic carbocycles. The average Bonchev–Trinajstić information content (AvgIpc) is 2.86. The van der Waals surface area contributed by atoms with Gasteiger partial charge in [-0.3, -0.25) is 15.5 Å². The van der Waals surface area contributed by atoms with E-state index in [0.717, 1.165) is 29.2 Å². The number of nitrogens with two attached hydrogens (primary N) is 1. The molecular formula is C11H8F3N5O2. The summed E-state index contributed by atoms with van der Waals surface area (Å²) in [5, 5.41) is 21.3. The summed E-state index contributed by atoms with van der Waals surface area (Å²) in [4.78, 5) is 9.83. The number of rotatable bonds is 3. The van der Waals surface area contributed by atoms with Crippen molar-refractivity contribution < 1.29 is 18.1 Å². The van der Waals surface area contributed by atoms with Crippen LogP contribution in [0.1, 0.15) is 11.1 Å². The van der Waals surface area contributed by atoms with Crippen molar-refractivity contribution in [3.8, 4) is 5.69 Å². The lowest BCUT2D eigenvalue weighted by molar-refractivity contribution is -0.384. The van der Waals surface area contributed by atoms with Gasteiger partial charge in [-0.2, -0.15) is 18.3 Å². The maximum Gasteiger partial charge on any atom is 0.417 e. The monoisotopic (exact) mass is 299 g/mol. The van der Waals surface area contributed by atoms with Crippen LogP contribution in [-0.4, -0.2) is 20.5 Å². The standard InChI is InChI=1S/C11H8F3N5O2/c12-11(13,14)9-3-6(1-2-8(9)10(15)16)18-5-7(4-17-18)19(20)21/h1-5H,(H3,15,16). The van der Waals surface area contributed by atoms with Crippen molar-refractivity contribution in [2.24, 2.45) is 5.73 Å². The number of nitro groups is 1. The molecule has 2 rings (SSSR count). The van der Waals surface area contributed by atoms with E-state index in [1.807, 2.05) is 0 Å². The van der Waals surface area contributed by atoms with Crippen molar-refractivity contribution in [1.82, 2.24) is 9.78 Å². The van der Waals surface area contributed by atoms with Crippen LogP contribution >= 0.6 is 0 Å². The van der Waals surface area contributed by atoms with Crippen LogP contribution in [0.15, 0.2) is 30.6 Å². The fraction of sp³-hybridized carbons (Fsp3) is 0.0909. The van der Waals surface area contributed by atoms with Gasteiger partial charge in [0.25, 0.3) is 0 Å². The Bertz CT molecular complexity index is 723. The Morgan fingerprint density at radius 2 is 2.10 bits per heavy atom. The molecule has 3 N–H and O–H groups in total. The topological polar surface area (TPSA) is 111 Å². The van der Waals surface area contributed by atoms with Crippen molar-refractivity contribution in [2.75, 3.05) is 0 Å². The van der Waals surface area contributed by atoms with Crippen LogP contribution in [0.25, 0.3) is 5.69 Å². The number of nitrogens with one attached hydrogen (secondary N) is 1. The normalized spacial score (nSPS) is 11.4. The number of benzene rings is 1. The smallest absolute Gasteiger partial charge is 0.384 e. The van der Waals surface area contributed by atoms with Crippen LogP contribution in [0.4, 0.5) is 18.9 Å². The Labute approximate surface area is 115 Å². The molecule has 0 saturated heterocycles. The highest BCUT2D eigenvalue weighted by molar-refractivity contribution is 5.96. The van der Waals surface area contributed by atoms with Gasteiger partial charge in [-0.15, -0.1) is 0 Å². The van der Waals surface area contributed by atoms with Gasteiger partial charge in [0.1, 0.15) is 18.2 Å². The van der Waals surface area contributed by atoms with Gasteiger partial charge in [0, 0.05) is 5.56 Å². The molecule has 1 heterocycles. The van der Waals surface area contributed by atoms with Crippen molar-refractivity contribution in [3.63, 3.8) is 0 Å². The summed E-state index contributed by atoms with van der Waals surface area (Å²) in [6, 6.07) is 2.99. The van der Waals surface area contributed by atoms with E-state index in [0.29, 0.717) is 0 Å². The second-order valence-corrected chi connectivity index (χ2v) is 4.04. The van der Waals surface area contributed by atoms with Gasteiger partial charge in [0.15, 0.2) is 0 Å². The van der Waals surface area contributed by atoms with Crippen molar-refractivity contribution in [3.05, 3.63) is 51.8 Å². The van der Waals surface area contributed by atoms with E-state index in [2.05, 4.69) is 5.10 Å². The lowest BCUT2D eigenvalue weighted by Gasteiger charge is -2.13. The molecular weight excluding hydrogens is 291 g/mol. The summed E-state index contributed by atoms with van der Waals surface area (Å²) in [6.45, 7) is 0. The third-order valence-electron chi connectivity index (χ3n) is 2.64. The van der Waals surface area contributed by atoms with E-state index in [9.17, 15) is 23.3 Å². The summed E-state index contributed by atoms with van der Waals surface area (Å²) < 4.78 is 39.8.